The fraction of sp³-hybridized carbons (Fsp3) is 0.222. The Morgan fingerprint density at radius 1 is 0.879 bits per heavy atom. The zero-order valence-electron chi connectivity index (χ0n) is 18.8. The number of nitrogens with zero attached hydrogens (tertiary/aromatic N) is 4. The molecule has 1 aliphatic rings. The van der Waals surface area contributed by atoms with E-state index in [1.54, 1.807) is 0 Å². The number of likely N-dealkylation sites (N-methyl/N-ethyl adjacent to an activating group) is 1. The van der Waals surface area contributed by atoms with Crippen LogP contribution in [0.3, 0.4) is 0 Å². The number of amides is 1. The van der Waals surface area contributed by atoms with E-state index in [0.29, 0.717) is 23.9 Å². The van der Waals surface area contributed by atoms with Gasteiger partial charge in [0.15, 0.2) is 0 Å². The Kier molecular flexibility index (Phi) is 5.75. The second-order valence-corrected chi connectivity index (χ2v) is 8.55. The van der Waals surface area contributed by atoms with E-state index in [4.69, 9.17) is 4.42 Å². The molecule has 166 valence electrons. The number of hydrogen-bond donors (Lipinski definition) is 0. The van der Waals surface area contributed by atoms with E-state index in [1.165, 1.54) is 0 Å². The molecule has 5 rings (SSSR count). The molecular formula is C27H26N4O2. The highest BCUT2D eigenvalue weighted by molar-refractivity contribution is 5.95. The molecule has 0 aliphatic carbocycles. The van der Waals surface area contributed by atoms with Crippen molar-refractivity contribution in [3.8, 4) is 22.9 Å². The van der Waals surface area contributed by atoms with Crippen LogP contribution in [-0.4, -0.2) is 52.6 Å². The number of rotatable bonds is 4. The highest BCUT2D eigenvalue weighted by Gasteiger charge is 2.30. The summed E-state index contributed by atoms with van der Waals surface area (Å²) in [5.41, 5.74) is 4.62. The summed E-state index contributed by atoms with van der Waals surface area (Å²) >= 11 is 0. The van der Waals surface area contributed by atoms with Crippen LogP contribution in [0.5, 0.6) is 0 Å². The summed E-state index contributed by atoms with van der Waals surface area (Å²) in [4.78, 5) is 17.7. The van der Waals surface area contributed by atoms with Gasteiger partial charge in [-0.05, 0) is 55.9 Å². The molecule has 1 aromatic heterocycles. The van der Waals surface area contributed by atoms with E-state index in [1.807, 2.05) is 78.6 Å². The van der Waals surface area contributed by atoms with Crippen molar-refractivity contribution in [3.05, 3.63) is 95.6 Å². The molecule has 6 nitrogen and oxygen atoms in total. The maximum Gasteiger partial charge on any atom is 0.254 e. The maximum atomic E-state index is 13.4. The molecule has 1 saturated heterocycles. The van der Waals surface area contributed by atoms with Crippen LogP contribution in [0.25, 0.3) is 22.9 Å². The molecule has 6 heteroatoms. The quantitative estimate of drug-likeness (QED) is 0.456. The van der Waals surface area contributed by atoms with E-state index in [-0.39, 0.29) is 11.9 Å². The van der Waals surface area contributed by atoms with Crippen LogP contribution < -0.4 is 0 Å². The first-order chi connectivity index (χ1) is 16.1. The molecule has 0 saturated carbocycles. The Morgan fingerprint density at radius 2 is 1.61 bits per heavy atom. The van der Waals surface area contributed by atoms with Crippen molar-refractivity contribution in [3.63, 3.8) is 0 Å². The SMILES string of the molecule is Cc1cccc(-c2nnc(-c3ccc(C(=O)N4CCN(C)CC4c4ccccc4)cc3)o2)c1. The zero-order valence-corrected chi connectivity index (χ0v) is 18.8. The Bertz CT molecular complexity index is 1250. The summed E-state index contributed by atoms with van der Waals surface area (Å²) < 4.78 is 5.89. The lowest BCUT2D eigenvalue weighted by molar-refractivity contribution is 0.0498. The predicted octanol–water partition coefficient (Wildman–Crippen LogP) is 4.84. The molecule has 0 radical (unpaired) electrons. The molecule has 1 unspecified atom stereocenters. The summed E-state index contributed by atoms with van der Waals surface area (Å²) in [5.74, 6) is 0.957. The van der Waals surface area contributed by atoms with E-state index >= 15 is 0 Å². The summed E-state index contributed by atoms with van der Waals surface area (Å²) in [6, 6.07) is 25.6. The van der Waals surface area contributed by atoms with Crippen LogP contribution in [0.15, 0.2) is 83.3 Å². The first-order valence-corrected chi connectivity index (χ1v) is 11.1. The smallest absolute Gasteiger partial charge is 0.254 e. The molecule has 4 aromatic rings. The summed E-state index contributed by atoms with van der Waals surface area (Å²) in [5, 5.41) is 8.39. The Hall–Kier alpha value is -3.77. The summed E-state index contributed by atoms with van der Waals surface area (Å²) in [6.07, 6.45) is 0. The van der Waals surface area contributed by atoms with Crippen molar-refractivity contribution in [2.24, 2.45) is 0 Å². The first kappa shape index (κ1) is 21.1. The standard InChI is InChI=1S/C27H26N4O2/c1-19-7-6-10-23(17-19)26-29-28-25(33-26)21-11-13-22(14-12-21)27(32)31-16-15-30(2)18-24(31)20-8-4-3-5-9-20/h3-14,17,24H,15-16,18H2,1-2H3. The molecule has 1 fully saturated rings. The number of benzene rings is 3. The molecule has 1 atom stereocenters. The third-order valence-electron chi connectivity index (χ3n) is 6.10. The molecule has 0 spiro atoms. The average molecular weight is 439 g/mol. The lowest BCUT2D eigenvalue weighted by atomic mass is 10.0. The average Bonchev–Trinajstić information content (AvgIpc) is 3.35. The van der Waals surface area contributed by atoms with Gasteiger partial charge in [0, 0.05) is 36.3 Å². The number of aryl methyl sites for hydroxylation is 1. The van der Waals surface area contributed by atoms with Gasteiger partial charge >= 0.3 is 0 Å². The Morgan fingerprint density at radius 3 is 2.33 bits per heavy atom. The van der Waals surface area contributed by atoms with E-state index in [9.17, 15) is 4.79 Å². The number of carbonyl (C=O) groups excluding carboxylic acids is 1. The van der Waals surface area contributed by atoms with Gasteiger partial charge in [0.1, 0.15) is 0 Å². The minimum Gasteiger partial charge on any atom is -0.416 e. The summed E-state index contributed by atoms with van der Waals surface area (Å²) in [6.45, 7) is 4.40. The molecular weight excluding hydrogens is 412 g/mol. The van der Waals surface area contributed by atoms with Crippen LogP contribution in [0.1, 0.15) is 27.5 Å². The fourth-order valence-corrected chi connectivity index (χ4v) is 4.28. The zero-order chi connectivity index (χ0) is 22.8. The Labute approximate surface area is 193 Å². The molecule has 1 amide bonds. The second kappa shape index (κ2) is 9.00. The lowest BCUT2D eigenvalue weighted by Crippen LogP contribution is -2.49. The van der Waals surface area contributed by atoms with Crippen molar-refractivity contribution in [2.75, 3.05) is 26.7 Å². The third kappa shape index (κ3) is 4.43. The predicted molar refractivity (Wildman–Crippen MR) is 128 cm³/mol. The molecule has 33 heavy (non-hydrogen) atoms. The maximum absolute atomic E-state index is 13.4. The minimum absolute atomic E-state index is 0.0324. The van der Waals surface area contributed by atoms with E-state index < -0.39 is 0 Å². The van der Waals surface area contributed by atoms with Crippen LogP contribution >= 0.6 is 0 Å². The van der Waals surface area contributed by atoms with Crippen LogP contribution in [0, 0.1) is 6.92 Å². The van der Waals surface area contributed by atoms with Gasteiger partial charge in [0.25, 0.3) is 5.91 Å². The topological polar surface area (TPSA) is 62.5 Å². The number of aromatic nitrogens is 2. The number of piperazine rings is 1. The molecule has 0 bridgehead atoms. The van der Waals surface area contributed by atoms with E-state index in [2.05, 4.69) is 34.3 Å². The van der Waals surface area contributed by atoms with Crippen molar-refractivity contribution in [2.45, 2.75) is 13.0 Å². The summed E-state index contributed by atoms with van der Waals surface area (Å²) in [7, 11) is 2.10. The number of carbonyl (C=O) groups is 1. The van der Waals surface area contributed by atoms with Gasteiger partial charge in [-0.3, -0.25) is 4.79 Å². The Balaban J connectivity index is 1.36. The van der Waals surface area contributed by atoms with Gasteiger partial charge in [-0.2, -0.15) is 0 Å². The van der Waals surface area contributed by atoms with Gasteiger partial charge in [-0.15, -0.1) is 10.2 Å². The van der Waals surface area contributed by atoms with Gasteiger partial charge in [-0.1, -0.05) is 48.0 Å². The number of hydrogen-bond acceptors (Lipinski definition) is 5. The van der Waals surface area contributed by atoms with Gasteiger partial charge in [0.05, 0.1) is 6.04 Å². The van der Waals surface area contributed by atoms with Crippen molar-refractivity contribution < 1.29 is 9.21 Å². The molecule has 2 heterocycles. The van der Waals surface area contributed by atoms with Gasteiger partial charge < -0.3 is 14.2 Å². The fourth-order valence-electron chi connectivity index (χ4n) is 4.28. The highest BCUT2D eigenvalue weighted by Crippen LogP contribution is 2.28. The van der Waals surface area contributed by atoms with Crippen LogP contribution in [0.4, 0.5) is 0 Å². The van der Waals surface area contributed by atoms with Crippen molar-refractivity contribution in [1.29, 1.82) is 0 Å². The largest absolute Gasteiger partial charge is 0.416 e. The lowest BCUT2D eigenvalue weighted by Gasteiger charge is -2.40. The normalized spacial score (nSPS) is 16.7. The molecule has 0 N–H and O–H groups in total. The van der Waals surface area contributed by atoms with Crippen LogP contribution in [-0.2, 0) is 0 Å². The third-order valence-corrected chi connectivity index (χ3v) is 6.10. The second-order valence-electron chi connectivity index (χ2n) is 8.55. The first-order valence-electron chi connectivity index (χ1n) is 11.1. The van der Waals surface area contributed by atoms with Gasteiger partial charge in [0.2, 0.25) is 11.8 Å². The van der Waals surface area contributed by atoms with Crippen LogP contribution in [0.2, 0.25) is 0 Å². The van der Waals surface area contributed by atoms with Crippen molar-refractivity contribution in [1.82, 2.24) is 20.0 Å². The molecule has 1 aliphatic heterocycles. The minimum atomic E-state index is 0.0324. The van der Waals surface area contributed by atoms with E-state index in [0.717, 1.165) is 35.3 Å². The monoisotopic (exact) mass is 438 g/mol. The molecule has 3 aromatic carbocycles. The highest BCUT2D eigenvalue weighted by atomic mass is 16.4. The van der Waals surface area contributed by atoms with Crippen molar-refractivity contribution >= 4 is 5.91 Å². The van der Waals surface area contributed by atoms with Gasteiger partial charge in [-0.25, -0.2) is 0 Å².